The summed E-state index contributed by atoms with van der Waals surface area (Å²) < 4.78 is 67.5. The van der Waals surface area contributed by atoms with Crippen LogP contribution >= 0.6 is 11.6 Å². The molecule has 234 valence electrons. The Balaban J connectivity index is 1.13. The van der Waals surface area contributed by atoms with E-state index in [1.54, 1.807) is 6.07 Å². The molecule has 44 heavy (non-hydrogen) atoms. The van der Waals surface area contributed by atoms with Crippen LogP contribution in [0.25, 0.3) is 0 Å². The van der Waals surface area contributed by atoms with Gasteiger partial charge < -0.3 is 9.80 Å². The molecule has 0 bridgehead atoms. The summed E-state index contributed by atoms with van der Waals surface area (Å²) in [7, 11) is -2.81. The second-order valence-electron chi connectivity index (χ2n) is 12.1. The molecule has 2 aliphatic heterocycles. The van der Waals surface area contributed by atoms with Gasteiger partial charge in [-0.3, -0.25) is 9.78 Å². The van der Waals surface area contributed by atoms with Crippen LogP contribution in [0.1, 0.15) is 65.2 Å². The van der Waals surface area contributed by atoms with E-state index in [2.05, 4.69) is 9.88 Å². The standard InChI is InChI=1S/C32H34ClF3N4O3S/c1-38(44(42,43)29-7-5-24(21-27(29)33)32(34,35)36)28-6-4-22-2-3-23(20-26(22)28)30(41)40-18-12-31(13-19-40)10-16-39(17-11-31)25-8-14-37-15-9-25/h2-3,5,7-9,14-15,20-21,28H,4,6,10-13,16-19H2,1H3. The Kier molecular flexibility index (Phi) is 8.17. The third-order valence-electron chi connectivity index (χ3n) is 9.76. The minimum atomic E-state index is -4.64. The second-order valence-corrected chi connectivity index (χ2v) is 14.5. The van der Waals surface area contributed by atoms with Gasteiger partial charge >= 0.3 is 6.18 Å². The summed E-state index contributed by atoms with van der Waals surface area (Å²) in [4.78, 5) is 21.7. The number of piperidine rings is 2. The maximum Gasteiger partial charge on any atom is 0.416 e. The Morgan fingerprint density at radius 3 is 2.27 bits per heavy atom. The van der Waals surface area contributed by atoms with E-state index < -0.39 is 32.8 Å². The number of aryl methyl sites for hydroxylation is 1. The normalized spacial score (nSPS) is 20.3. The van der Waals surface area contributed by atoms with Gasteiger partial charge in [0.2, 0.25) is 10.0 Å². The molecular formula is C32H34ClF3N4O3S. The number of nitrogens with zero attached hydrogens (tertiary/aromatic N) is 4. The van der Waals surface area contributed by atoms with Crippen LogP contribution in [0, 0.1) is 5.41 Å². The highest BCUT2D eigenvalue weighted by Gasteiger charge is 2.40. The van der Waals surface area contributed by atoms with E-state index in [0.717, 1.165) is 66.3 Å². The number of sulfonamides is 1. The molecule has 1 amide bonds. The number of hydrogen-bond donors (Lipinski definition) is 0. The molecule has 2 saturated heterocycles. The molecule has 3 aromatic rings. The number of halogens is 4. The van der Waals surface area contributed by atoms with Crippen LogP contribution in [0.4, 0.5) is 18.9 Å². The van der Waals surface area contributed by atoms with Gasteiger partial charge in [-0.2, -0.15) is 17.5 Å². The zero-order valence-corrected chi connectivity index (χ0v) is 25.9. The fourth-order valence-corrected chi connectivity index (χ4v) is 8.84. The first-order valence-corrected chi connectivity index (χ1v) is 16.6. The number of likely N-dealkylation sites (tertiary alicyclic amines) is 1. The molecule has 2 fully saturated rings. The number of amides is 1. The van der Waals surface area contributed by atoms with Gasteiger partial charge in [0, 0.05) is 56.9 Å². The van der Waals surface area contributed by atoms with E-state index in [-0.39, 0.29) is 16.2 Å². The van der Waals surface area contributed by atoms with E-state index >= 15 is 0 Å². The van der Waals surface area contributed by atoms with Crippen molar-refractivity contribution >= 4 is 33.2 Å². The fraction of sp³-hybridized carbons (Fsp3) is 0.438. The first-order chi connectivity index (χ1) is 20.9. The number of carbonyl (C=O) groups excluding carboxylic acids is 1. The van der Waals surface area contributed by atoms with Gasteiger partial charge in [-0.25, -0.2) is 8.42 Å². The number of anilines is 1. The van der Waals surface area contributed by atoms with Gasteiger partial charge in [0.05, 0.1) is 16.6 Å². The maximum atomic E-state index is 13.6. The van der Waals surface area contributed by atoms with Crippen LogP contribution < -0.4 is 4.90 Å². The molecule has 1 aromatic heterocycles. The minimum absolute atomic E-state index is 0.0705. The largest absolute Gasteiger partial charge is 0.416 e. The van der Waals surface area contributed by atoms with Crippen molar-refractivity contribution in [2.45, 2.75) is 55.6 Å². The second kappa shape index (κ2) is 11.7. The van der Waals surface area contributed by atoms with Gasteiger partial charge in [-0.15, -0.1) is 0 Å². The molecule has 3 heterocycles. The summed E-state index contributed by atoms with van der Waals surface area (Å²) in [6.07, 6.45) is 4.17. The topological polar surface area (TPSA) is 73.8 Å². The van der Waals surface area contributed by atoms with Gasteiger partial charge in [0.15, 0.2) is 0 Å². The van der Waals surface area contributed by atoms with E-state index in [4.69, 9.17) is 11.6 Å². The van der Waals surface area contributed by atoms with Crippen LogP contribution in [-0.2, 0) is 22.6 Å². The molecule has 1 aliphatic carbocycles. The molecule has 2 aromatic carbocycles. The van der Waals surface area contributed by atoms with Crippen molar-refractivity contribution in [3.8, 4) is 0 Å². The summed E-state index contributed by atoms with van der Waals surface area (Å²) in [5, 5.41) is -0.486. The zero-order valence-electron chi connectivity index (χ0n) is 24.4. The summed E-state index contributed by atoms with van der Waals surface area (Å²) in [6, 6.07) is 11.2. The SMILES string of the molecule is CN(C1CCc2ccc(C(=O)N3CCC4(CC3)CCN(c3ccncc3)CC4)cc21)S(=O)(=O)c1ccc(C(F)(F)F)cc1Cl. The van der Waals surface area contributed by atoms with E-state index in [0.29, 0.717) is 37.6 Å². The highest BCUT2D eigenvalue weighted by molar-refractivity contribution is 7.89. The van der Waals surface area contributed by atoms with Crippen LogP contribution in [0.15, 0.2) is 65.8 Å². The molecule has 0 radical (unpaired) electrons. The van der Waals surface area contributed by atoms with Crippen molar-refractivity contribution in [2.24, 2.45) is 5.41 Å². The lowest BCUT2D eigenvalue weighted by Gasteiger charge is -2.47. The smallest absolute Gasteiger partial charge is 0.371 e. The Hall–Kier alpha value is -3.15. The summed E-state index contributed by atoms with van der Waals surface area (Å²) in [5.74, 6) is -0.0705. The Morgan fingerprint density at radius 2 is 1.64 bits per heavy atom. The van der Waals surface area contributed by atoms with Crippen molar-refractivity contribution in [1.82, 2.24) is 14.2 Å². The van der Waals surface area contributed by atoms with Gasteiger partial charge in [0.25, 0.3) is 5.91 Å². The molecule has 0 N–H and O–H groups in total. The third-order valence-corrected chi connectivity index (χ3v) is 12.1. The highest BCUT2D eigenvalue weighted by atomic mass is 35.5. The number of aromatic nitrogens is 1. The van der Waals surface area contributed by atoms with Crippen molar-refractivity contribution in [1.29, 1.82) is 0 Å². The number of alkyl halides is 3. The van der Waals surface area contributed by atoms with Crippen LogP contribution in [0.5, 0.6) is 0 Å². The summed E-state index contributed by atoms with van der Waals surface area (Å²) in [5.41, 5.74) is 2.61. The Bertz CT molecular complexity index is 1650. The molecule has 1 unspecified atom stereocenters. The lowest BCUT2D eigenvalue weighted by Crippen LogP contribution is -2.48. The lowest BCUT2D eigenvalue weighted by molar-refractivity contribution is -0.137. The Labute approximate surface area is 260 Å². The quantitative estimate of drug-likeness (QED) is 0.313. The monoisotopic (exact) mass is 646 g/mol. The molecule has 6 rings (SSSR count). The third kappa shape index (κ3) is 5.81. The fourth-order valence-electron chi connectivity index (χ4n) is 6.96. The van der Waals surface area contributed by atoms with E-state index in [1.807, 2.05) is 41.6 Å². The molecular weight excluding hydrogens is 613 g/mol. The van der Waals surface area contributed by atoms with Crippen molar-refractivity contribution in [2.75, 3.05) is 38.1 Å². The maximum absolute atomic E-state index is 13.6. The van der Waals surface area contributed by atoms with Crippen LogP contribution in [0.2, 0.25) is 5.02 Å². The van der Waals surface area contributed by atoms with Crippen LogP contribution in [0.3, 0.4) is 0 Å². The number of carbonyl (C=O) groups is 1. The molecule has 7 nitrogen and oxygen atoms in total. The minimum Gasteiger partial charge on any atom is -0.371 e. The number of rotatable bonds is 5. The zero-order chi connectivity index (χ0) is 31.3. The number of benzene rings is 2. The van der Waals surface area contributed by atoms with Gasteiger partial charge in [0.1, 0.15) is 4.90 Å². The highest BCUT2D eigenvalue weighted by Crippen LogP contribution is 2.43. The number of hydrogen-bond acceptors (Lipinski definition) is 5. The van der Waals surface area contributed by atoms with E-state index in [9.17, 15) is 26.4 Å². The lowest BCUT2D eigenvalue weighted by atomic mass is 9.71. The van der Waals surface area contributed by atoms with E-state index in [1.165, 1.54) is 12.7 Å². The number of fused-ring (bicyclic) bond motifs is 1. The summed E-state index contributed by atoms with van der Waals surface area (Å²) >= 11 is 6.05. The molecule has 0 saturated carbocycles. The number of pyridine rings is 1. The average molecular weight is 647 g/mol. The molecule has 3 aliphatic rings. The van der Waals surface area contributed by atoms with Crippen LogP contribution in [-0.4, -0.2) is 61.7 Å². The van der Waals surface area contributed by atoms with Crippen molar-refractivity contribution < 1.29 is 26.4 Å². The predicted octanol–water partition coefficient (Wildman–Crippen LogP) is 6.58. The predicted molar refractivity (Wildman–Crippen MR) is 162 cm³/mol. The van der Waals surface area contributed by atoms with Gasteiger partial charge in [-0.05, 0) is 97.5 Å². The Morgan fingerprint density at radius 1 is 0.977 bits per heavy atom. The molecule has 1 atom stereocenters. The average Bonchev–Trinajstić information content (AvgIpc) is 3.44. The first kappa shape index (κ1) is 30.9. The van der Waals surface area contributed by atoms with Crippen molar-refractivity contribution in [3.05, 3.63) is 88.2 Å². The van der Waals surface area contributed by atoms with Crippen molar-refractivity contribution in [3.63, 3.8) is 0 Å². The molecule has 12 heteroatoms. The van der Waals surface area contributed by atoms with Gasteiger partial charge in [-0.1, -0.05) is 17.7 Å². The molecule has 1 spiro atoms. The summed E-state index contributed by atoms with van der Waals surface area (Å²) in [6.45, 7) is 3.32. The first-order valence-electron chi connectivity index (χ1n) is 14.8.